The molecule has 0 bridgehead atoms. The zero-order chi connectivity index (χ0) is 7.98. The molecule has 0 aliphatic heterocycles. The monoisotopic (exact) mass is 232 g/mol. The van der Waals surface area contributed by atoms with Crippen LogP contribution in [0.1, 0.15) is 0 Å². The maximum Gasteiger partial charge on any atom is 0.0560 e. The molecule has 0 aliphatic carbocycles. The summed E-state index contributed by atoms with van der Waals surface area (Å²) in [5.41, 5.74) is 0. The summed E-state index contributed by atoms with van der Waals surface area (Å²) in [7, 11) is 0. The maximum absolute atomic E-state index is 4.29. The van der Waals surface area contributed by atoms with E-state index in [9.17, 15) is 0 Å². The molecule has 0 aliphatic rings. The van der Waals surface area contributed by atoms with Gasteiger partial charge in [-0.15, -0.1) is 11.8 Å². The summed E-state index contributed by atoms with van der Waals surface area (Å²) in [4.78, 5) is 0. The van der Waals surface area contributed by atoms with E-state index in [1.807, 2.05) is 0 Å². The summed E-state index contributed by atoms with van der Waals surface area (Å²) in [6.07, 6.45) is 0. The van der Waals surface area contributed by atoms with Crippen LogP contribution in [0.3, 0.4) is 0 Å². The van der Waals surface area contributed by atoms with Gasteiger partial charge in [-0.05, 0) is 0 Å². The van der Waals surface area contributed by atoms with Crippen LogP contribution in [0.4, 0.5) is 0 Å². The summed E-state index contributed by atoms with van der Waals surface area (Å²) >= 11 is 18.5. The highest BCUT2D eigenvalue weighted by molar-refractivity contribution is 8.11. The van der Waals surface area contributed by atoms with Crippen LogP contribution in [0, 0.1) is 0 Å². The van der Waals surface area contributed by atoms with Gasteiger partial charge in [0.1, 0.15) is 0 Å². The minimum atomic E-state index is 0.331. The quantitative estimate of drug-likeness (QED) is 0.416. The smallest absolute Gasteiger partial charge is 0.0560 e. The third kappa shape index (κ3) is 6.46. The Morgan fingerprint density at radius 1 is 1.10 bits per heavy atom. The topological polar surface area (TPSA) is 0 Å². The first-order valence-corrected chi connectivity index (χ1v) is 6.24. The van der Waals surface area contributed by atoms with Gasteiger partial charge in [-0.3, -0.25) is 0 Å². The van der Waals surface area contributed by atoms with E-state index < -0.39 is 0 Å². The van der Waals surface area contributed by atoms with Crippen molar-refractivity contribution in [2.75, 3.05) is 17.3 Å². The second-order valence-electron chi connectivity index (χ2n) is 1.81. The molecule has 0 aromatic heterocycles. The molecule has 0 amide bonds. The Labute approximate surface area is 88.9 Å². The summed E-state index contributed by atoms with van der Waals surface area (Å²) in [5.74, 6) is 2.63. The third-order valence-corrected chi connectivity index (χ3v) is 4.87. The van der Waals surface area contributed by atoms with Crippen LogP contribution >= 0.6 is 62.3 Å². The fourth-order valence-corrected chi connectivity index (χ4v) is 2.13. The van der Waals surface area contributed by atoms with Gasteiger partial charge < -0.3 is 0 Å². The molecule has 62 valence electrons. The average Bonchev–Trinajstić information content (AvgIpc) is 1.99. The molecule has 10 heavy (non-hydrogen) atoms. The van der Waals surface area contributed by atoms with E-state index in [2.05, 4.69) is 50.5 Å². The van der Waals surface area contributed by atoms with E-state index in [1.165, 1.54) is 0 Å². The lowest BCUT2D eigenvalue weighted by molar-refractivity contribution is 1.16. The minimum Gasteiger partial charge on any atom is -0.178 e. The Morgan fingerprint density at radius 3 is 2.10 bits per heavy atom. The predicted octanol–water partition coefficient (Wildman–Crippen LogP) is 2.13. The van der Waals surface area contributed by atoms with Crippen LogP contribution in [-0.2, 0) is 0 Å². The van der Waals surface area contributed by atoms with E-state index >= 15 is 0 Å². The second-order valence-corrected chi connectivity index (χ2v) is 5.48. The van der Waals surface area contributed by atoms with Gasteiger partial charge in [0.25, 0.3) is 0 Å². The Morgan fingerprint density at radius 2 is 1.70 bits per heavy atom. The summed E-state index contributed by atoms with van der Waals surface area (Å²) < 4.78 is 0.331. The molecule has 0 aromatic carbocycles. The lowest BCUT2D eigenvalue weighted by atomic mass is 10.6. The molecule has 0 N–H and O–H groups in total. The van der Waals surface area contributed by atoms with Gasteiger partial charge in [0.15, 0.2) is 0 Å². The molecular weight excluding hydrogens is 220 g/mol. The molecule has 0 saturated carbocycles. The zero-order valence-corrected chi connectivity index (χ0v) is 9.87. The van der Waals surface area contributed by atoms with Crippen LogP contribution in [-0.4, -0.2) is 27.1 Å². The standard InChI is InChI=1S/C5H12S5/c6-1-4(8)3-10-5(9)2-7/h4-9H,1-3H2. The number of hydrogen-bond acceptors (Lipinski definition) is 5. The first-order valence-electron chi connectivity index (χ1n) is 2.90. The van der Waals surface area contributed by atoms with E-state index in [1.54, 1.807) is 11.8 Å². The lowest BCUT2D eigenvalue weighted by Gasteiger charge is -2.09. The van der Waals surface area contributed by atoms with E-state index in [0.29, 0.717) is 9.83 Å². The van der Waals surface area contributed by atoms with Crippen molar-refractivity contribution >= 4 is 62.3 Å². The molecule has 0 radical (unpaired) electrons. The zero-order valence-electron chi connectivity index (χ0n) is 5.47. The molecule has 0 rings (SSSR count). The SMILES string of the molecule is SCC(S)CSC(S)CS. The van der Waals surface area contributed by atoms with E-state index in [4.69, 9.17) is 0 Å². The van der Waals surface area contributed by atoms with Crippen LogP contribution in [0.25, 0.3) is 0 Å². The van der Waals surface area contributed by atoms with E-state index in [0.717, 1.165) is 17.3 Å². The minimum absolute atomic E-state index is 0.331. The van der Waals surface area contributed by atoms with Gasteiger partial charge in [-0.2, -0.15) is 50.5 Å². The fourth-order valence-electron chi connectivity index (χ4n) is 0.328. The number of rotatable bonds is 5. The summed E-state index contributed by atoms with van der Waals surface area (Å²) in [5, 5.41) is 0.378. The number of hydrogen-bond donors (Lipinski definition) is 4. The molecule has 0 spiro atoms. The van der Waals surface area contributed by atoms with Gasteiger partial charge in [0.2, 0.25) is 0 Å². The summed E-state index contributed by atoms with van der Waals surface area (Å²) in [6.45, 7) is 0. The van der Waals surface area contributed by atoms with Crippen LogP contribution < -0.4 is 0 Å². The van der Waals surface area contributed by atoms with Crippen LogP contribution in [0.5, 0.6) is 0 Å². The van der Waals surface area contributed by atoms with Crippen molar-refractivity contribution in [2.24, 2.45) is 0 Å². The highest BCUT2D eigenvalue weighted by Crippen LogP contribution is 2.18. The van der Waals surface area contributed by atoms with Crippen molar-refractivity contribution in [1.29, 1.82) is 0 Å². The van der Waals surface area contributed by atoms with Crippen molar-refractivity contribution in [3.63, 3.8) is 0 Å². The predicted molar refractivity (Wildman–Crippen MR) is 65.7 cm³/mol. The first-order chi connectivity index (χ1) is 4.70. The fraction of sp³-hybridized carbons (Fsp3) is 1.00. The second kappa shape index (κ2) is 7.40. The molecular formula is C5H12S5. The van der Waals surface area contributed by atoms with Crippen molar-refractivity contribution in [3.8, 4) is 0 Å². The first kappa shape index (κ1) is 11.8. The summed E-state index contributed by atoms with van der Waals surface area (Å²) in [6, 6.07) is 0. The molecule has 0 heterocycles. The van der Waals surface area contributed by atoms with Crippen molar-refractivity contribution < 1.29 is 0 Å². The third-order valence-electron chi connectivity index (χ3n) is 0.848. The van der Waals surface area contributed by atoms with Crippen LogP contribution in [0.2, 0.25) is 0 Å². The molecule has 5 heteroatoms. The molecule has 0 fully saturated rings. The Kier molecular flexibility index (Phi) is 8.70. The van der Waals surface area contributed by atoms with E-state index in [-0.39, 0.29) is 0 Å². The van der Waals surface area contributed by atoms with Crippen LogP contribution in [0.15, 0.2) is 0 Å². The Bertz CT molecular complexity index is 66.4. The van der Waals surface area contributed by atoms with Gasteiger partial charge >= 0.3 is 0 Å². The Balaban J connectivity index is 3.17. The van der Waals surface area contributed by atoms with Gasteiger partial charge in [-0.25, -0.2) is 0 Å². The highest BCUT2D eigenvalue weighted by Gasteiger charge is 2.04. The van der Waals surface area contributed by atoms with Gasteiger partial charge in [-0.1, -0.05) is 0 Å². The molecule has 0 aromatic rings. The number of thiol groups is 4. The Hall–Kier alpha value is 1.75. The largest absolute Gasteiger partial charge is 0.178 e. The van der Waals surface area contributed by atoms with Gasteiger partial charge in [0.05, 0.1) is 4.58 Å². The van der Waals surface area contributed by atoms with Crippen molar-refractivity contribution in [2.45, 2.75) is 9.83 Å². The van der Waals surface area contributed by atoms with Crippen molar-refractivity contribution in [3.05, 3.63) is 0 Å². The molecule has 2 atom stereocenters. The van der Waals surface area contributed by atoms with Gasteiger partial charge in [0, 0.05) is 22.5 Å². The highest BCUT2D eigenvalue weighted by atomic mass is 32.2. The molecule has 0 nitrogen and oxygen atoms in total. The lowest BCUT2D eigenvalue weighted by Crippen LogP contribution is -2.07. The normalized spacial score (nSPS) is 16.8. The van der Waals surface area contributed by atoms with Crippen molar-refractivity contribution in [1.82, 2.24) is 0 Å². The number of thioether (sulfide) groups is 1. The molecule has 0 saturated heterocycles. The molecule has 2 unspecified atom stereocenters. The maximum atomic E-state index is 4.29. The average molecular weight is 232 g/mol.